The van der Waals surface area contributed by atoms with Gasteiger partial charge in [0.05, 0.1) is 6.10 Å². The van der Waals surface area contributed by atoms with Crippen LogP contribution >= 0.6 is 0 Å². The predicted molar refractivity (Wildman–Crippen MR) is 56.2 cm³/mol. The molecule has 0 radical (unpaired) electrons. The van der Waals surface area contributed by atoms with Crippen LogP contribution in [0.15, 0.2) is 24.3 Å². The molecule has 0 saturated heterocycles. The van der Waals surface area contributed by atoms with Crippen LogP contribution in [0.2, 0.25) is 0 Å². The highest BCUT2D eigenvalue weighted by Gasteiger charge is 2.38. The minimum Gasteiger partial charge on any atom is -0.393 e. The summed E-state index contributed by atoms with van der Waals surface area (Å²) in [6.07, 6.45) is 4.52. The number of benzene rings is 1. The van der Waals surface area contributed by atoms with E-state index in [1.54, 1.807) is 0 Å². The van der Waals surface area contributed by atoms with E-state index in [1.807, 2.05) is 0 Å². The molecule has 1 saturated carbocycles. The zero-order valence-corrected chi connectivity index (χ0v) is 8.32. The fourth-order valence-corrected chi connectivity index (χ4v) is 3.24. The summed E-state index contributed by atoms with van der Waals surface area (Å²) >= 11 is 0. The largest absolute Gasteiger partial charge is 0.393 e. The van der Waals surface area contributed by atoms with Gasteiger partial charge in [0.1, 0.15) is 0 Å². The van der Waals surface area contributed by atoms with Gasteiger partial charge in [-0.2, -0.15) is 0 Å². The van der Waals surface area contributed by atoms with Crippen LogP contribution in [0.25, 0.3) is 0 Å². The van der Waals surface area contributed by atoms with Crippen LogP contribution in [-0.4, -0.2) is 11.2 Å². The van der Waals surface area contributed by atoms with Crippen molar-refractivity contribution >= 4 is 0 Å². The predicted octanol–water partition coefficient (Wildman–Crippen LogP) is 2.49. The summed E-state index contributed by atoms with van der Waals surface area (Å²) < 4.78 is 0. The van der Waals surface area contributed by atoms with Crippen molar-refractivity contribution in [1.29, 1.82) is 0 Å². The van der Waals surface area contributed by atoms with Crippen LogP contribution in [0.4, 0.5) is 0 Å². The first-order valence-corrected chi connectivity index (χ1v) is 5.62. The zero-order chi connectivity index (χ0) is 9.54. The van der Waals surface area contributed by atoms with Crippen LogP contribution in [0.3, 0.4) is 0 Å². The molecule has 14 heavy (non-hydrogen) atoms. The first-order valence-electron chi connectivity index (χ1n) is 5.62. The van der Waals surface area contributed by atoms with Gasteiger partial charge in [0.25, 0.3) is 0 Å². The number of fused-ring (bicyclic) bond motifs is 3. The van der Waals surface area contributed by atoms with Crippen LogP contribution in [0.5, 0.6) is 0 Å². The summed E-state index contributed by atoms with van der Waals surface area (Å²) in [5.41, 5.74) is 2.99. The van der Waals surface area contributed by atoms with Gasteiger partial charge in [0.2, 0.25) is 0 Å². The second kappa shape index (κ2) is 3.09. The van der Waals surface area contributed by atoms with Gasteiger partial charge >= 0.3 is 0 Å². The maximum Gasteiger partial charge on any atom is 0.0577 e. The van der Waals surface area contributed by atoms with E-state index < -0.39 is 0 Å². The molecule has 1 N–H and O–H groups in total. The standard InChI is InChI=1S/C13H16O/c14-13-7-3-6-11-10-5-2-1-4-9(10)8-12(11)13/h1-2,4-5,11-14H,3,6-8H2. The Labute approximate surface area is 84.8 Å². The lowest BCUT2D eigenvalue weighted by atomic mass is 9.78. The van der Waals surface area contributed by atoms with Gasteiger partial charge in [-0.1, -0.05) is 30.7 Å². The normalized spacial score (nSPS) is 35.1. The Hall–Kier alpha value is -0.820. The molecular weight excluding hydrogens is 172 g/mol. The molecule has 0 amide bonds. The van der Waals surface area contributed by atoms with Gasteiger partial charge in [-0.15, -0.1) is 0 Å². The Morgan fingerprint density at radius 3 is 2.93 bits per heavy atom. The van der Waals surface area contributed by atoms with Crippen LogP contribution in [0.1, 0.15) is 36.3 Å². The number of hydrogen-bond donors (Lipinski definition) is 1. The third-order valence-corrected chi connectivity index (χ3v) is 3.94. The minimum atomic E-state index is -0.0545. The maximum atomic E-state index is 9.95. The topological polar surface area (TPSA) is 20.2 Å². The number of rotatable bonds is 0. The molecule has 0 heterocycles. The summed E-state index contributed by atoms with van der Waals surface area (Å²) in [7, 11) is 0. The molecular formula is C13H16O. The van der Waals surface area contributed by atoms with E-state index >= 15 is 0 Å². The van der Waals surface area contributed by atoms with Gasteiger partial charge in [-0.3, -0.25) is 0 Å². The van der Waals surface area contributed by atoms with Crippen molar-refractivity contribution in [2.75, 3.05) is 0 Å². The first-order chi connectivity index (χ1) is 6.86. The number of hydrogen-bond acceptors (Lipinski definition) is 1. The molecule has 0 spiro atoms. The van der Waals surface area contributed by atoms with Crippen LogP contribution in [0, 0.1) is 5.92 Å². The summed E-state index contributed by atoms with van der Waals surface area (Å²) in [6.45, 7) is 0. The van der Waals surface area contributed by atoms with Crippen molar-refractivity contribution < 1.29 is 5.11 Å². The number of aliphatic hydroxyl groups is 1. The molecule has 1 aromatic rings. The third kappa shape index (κ3) is 1.12. The van der Waals surface area contributed by atoms with Crippen molar-refractivity contribution in [1.82, 2.24) is 0 Å². The maximum absolute atomic E-state index is 9.95. The molecule has 3 unspecified atom stereocenters. The highest BCUT2D eigenvalue weighted by Crippen LogP contribution is 2.46. The van der Waals surface area contributed by atoms with Gasteiger partial charge in [-0.05, 0) is 42.2 Å². The lowest BCUT2D eigenvalue weighted by Crippen LogP contribution is -2.28. The van der Waals surface area contributed by atoms with E-state index in [4.69, 9.17) is 0 Å². The molecule has 74 valence electrons. The Kier molecular flexibility index (Phi) is 1.88. The molecule has 0 aromatic heterocycles. The Bertz CT molecular complexity index is 345. The Morgan fingerprint density at radius 1 is 1.14 bits per heavy atom. The van der Waals surface area contributed by atoms with Crippen molar-refractivity contribution in [2.24, 2.45) is 5.92 Å². The molecule has 0 aliphatic heterocycles. The minimum absolute atomic E-state index is 0.0545. The summed E-state index contributed by atoms with van der Waals surface area (Å²) in [5, 5.41) is 9.95. The van der Waals surface area contributed by atoms with Gasteiger partial charge in [0.15, 0.2) is 0 Å². The molecule has 1 fully saturated rings. The summed E-state index contributed by atoms with van der Waals surface area (Å²) in [5.74, 6) is 1.16. The lowest BCUT2D eigenvalue weighted by Gasteiger charge is -2.30. The van der Waals surface area contributed by atoms with Crippen LogP contribution < -0.4 is 0 Å². The SMILES string of the molecule is OC1CCCC2c3ccccc3CC12. The number of aliphatic hydroxyl groups excluding tert-OH is 1. The van der Waals surface area contributed by atoms with E-state index in [2.05, 4.69) is 24.3 Å². The van der Waals surface area contributed by atoms with Gasteiger partial charge in [-0.25, -0.2) is 0 Å². The van der Waals surface area contributed by atoms with E-state index in [0.717, 1.165) is 12.8 Å². The molecule has 2 aliphatic carbocycles. The molecule has 1 heteroatoms. The molecule has 0 bridgehead atoms. The van der Waals surface area contributed by atoms with Gasteiger partial charge in [0, 0.05) is 0 Å². The quantitative estimate of drug-likeness (QED) is 0.663. The fraction of sp³-hybridized carbons (Fsp3) is 0.538. The van der Waals surface area contributed by atoms with Gasteiger partial charge < -0.3 is 5.11 Å². The average Bonchev–Trinajstić information content (AvgIpc) is 2.59. The van der Waals surface area contributed by atoms with Crippen molar-refractivity contribution in [3.05, 3.63) is 35.4 Å². The highest BCUT2D eigenvalue weighted by molar-refractivity contribution is 5.37. The smallest absolute Gasteiger partial charge is 0.0577 e. The van der Waals surface area contributed by atoms with Crippen molar-refractivity contribution in [2.45, 2.75) is 37.7 Å². The zero-order valence-electron chi connectivity index (χ0n) is 8.32. The van der Waals surface area contributed by atoms with E-state index in [-0.39, 0.29) is 6.10 Å². The second-order valence-electron chi connectivity index (χ2n) is 4.67. The Balaban J connectivity index is 2.00. The second-order valence-corrected chi connectivity index (χ2v) is 4.67. The molecule has 3 rings (SSSR count). The summed E-state index contributed by atoms with van der Waals surface area (Å²) in [6, 6.07) is 8.71. The molecule has 1 aromatic carbocycles. The fourth-order valence-electron chi connectivity index (χ4n) is 3.24. The van der Waals surface area contributed by atoms with Crippen molar-refractivity contribution in [3.63, 3.8) is 0 Å². The van der Waals surface area contributed by atoms with Crippen molar-refractivity contribution in [3.8, 4) is 0 Å². The average molecular weight is 188 g/mol. The molecule has 2 aliphatic rings. The third-order valence-electron chi connectivity index (χ3n) is 3.94. The van der Waals surface area contributed by atoms with E-state index in [1.165, 1.54) is 24.0 Å². The van der Waals surface area contributed by atoms with E-state index in [9.17, 15) is 5.11 Å². The monoisotopic (exact) mass is 188 g/mol. The highest BCUT2D eigenvalue weighted by atomic mass is 16.3. The first kappa shape index (κ1) is 8.49. The summed E-state index contributed by atoms with van der Waals surface area (Å²) in [4.78, 5) is 0. The van der Waals surface area contributed by atoms with Crippen LogP contribution in [-0.2, 0) is 6.42 Å². The Morgan fingerprint density at radius 2 is 2.00 bits per heavy atom. The molecule has 3 atom stereocenters. The van der Waals surface area contributed by atoms with E-state index in [0.29, 0.717) is 11.8 Å². The lowest BCUT2D eigenvalue weighted by molar-refractivity contribution is 0.0633. The molecule has 1 nitrogen and oxygen atoms in total.